The topological polar surface area (TPSA) is 66.9 Å². The molecule has 0 saturated carbocycles. The monoisotopic (exact) mass is 428 g/mol. The van der Waals surface area contributed by atoms with Gasteiger partial charge >= 0.3 is 141 Å². The SMILES string of the molecule is CC(C)(C)c1cc2ncnc(NNC(=O)c3ccc[se]3)c2[se]1. The van der Waals surface area contributed by atoms with Gasteiger partial charge in [-0.05, 0) is 0 Å². The summed E-state index contributed by atoms with van der Waals surface area (Å²) in [6.07, 6.45) is 1.53. The molecule has 0 aliphatic rings. The summed E-state index contributed by atoms with van der Waals surface area (Å²) < 4.78 is 3.30. The van der Waals surface area contributed by atoms with Crippen molar-refractivity contribution in [3.05, 3.63) is 38.3 Å². The second-order valence-corrected chi connectivity index (χ2v) is 10.0. The molecule has 0 radical (unpaired) electrons. The molecular weight excluding hydrogens is 410 g/mol. The van der Waals surface area contributed by atoms with Crippen LogP contribution in [0.3, 0.4) is 0 Å². The van der Waals surface area contributed by atoms with E-state index in [0.29, 0.717) is 5.82 Å². The fourth-order valence-corrected chi connectivity index (χ4v) is 5.53. The number of nitrogens with one attached hydrogen (secondary N) is 2. The Morgan fingerprint density at radius 2 is 2.09 bits per heavy atom. The van der Waals surface area contributed by atoms with Crippen molar-refractivity contribution in [3.63, 3.8) is 0 Å². The predicted octanol–water partition coefficient (Wildman–Crippen LogP) is 1.80. The van der Waals surface area contributed by atoms with Gasteiger partial charge < -0.3 is 0 Å². The summed E-state index contributed by atoms with van der Waals surface area (Å²) >= 11 is 0.310. The summed E-state index contributed by atoms with van der Waals surface area (Å²) in [6.45, 7) is 6.61. The van der Waals surface area contributed by atoms with E-state index in [0.717, 1.165) is 14.2 Å². The molecule has 7 heteroatoms. The van der Waals surface area contributed by atoms with E-state index in [1.54, 1.807) is 0 Å². The zero-order chi connectivity index (χ0) is 15.7. The van der Waals surface area contributed by atoms with Crippen molar-refractivity contribution in [2.45, 2.75) is 26.2 Å². The summed E-state index contributed by atoms with van der Waals surface area (Å²) in [4.78, 5) is 22.7. The van der Waals surface area contributed by atoms with E-state index < -0.39 is 0 Å². The van der Waals surface area contributed by atoms with E-state index in [1.165, 1.54) is 10.8 Å². The molecule has 3 heterocycles. The summed E-state index contributed by atoms with van der Waals surface area (Å²) in [5.41, 5.74) is 6.80. The molecule has 1 amide bonds. The van der Waals surface area contributed by atoms with E-state index >= 15 is 0 Å². The van der Waals surface area contributed by atoms with Gasteiger partial charge in [0.25, 0.3) is 0 Å². The summed E-state index contributed by atoms with van der Waals surface area (Å²) in [5.74, 6) is 0.611. The number of anilines is 1. The number of hydrogen-bond acceptors (Lipinski definition) is 4. The maximum atomic E-state index is 12.0. The van der Waals surface area contributed by atoms with Crippen LogP contribution in [0.4, 0.5) is 5.82 Å². The van der Waals surface area contributed by atoms with Gasteiger partial charge in [-0.2, -0.15) is 0 Å². The minimum absolute atomic E-state index is 0.0909. The van der Waals surface area contributed by atoms with Crippen molar-refractivity contribution in [2.24, 2.45) is 0 Å². The molecular formula is C15H16N4OSe2. The standard InChI is InChI=1S/C15H16N4OSe2/c1-15(2,3)11-7-9-12(22-11)13(17-8-16-9)18-19-14(20)10-5-4-6-21-10/h4-8H,1-3H3,(H,19,20)(H,16,17,18). The third kappa shape index (κ3) is 3.18. The second-order valence-electron chi connectivity index (χ2n) is 5.85. The normalized spacial score (nSPS) is 11.6. The van der Waals surface area contributed by atoms with Crippen LogP contribution in [-0.2, 0) is 5.41 Å². The fourth-order valence-electron chi connectivity index (χ4n) is 1.90. The van der Waals surface area contributed by atoms with E-state index in [4.69, 9.17) is 0 Å². The first kappa shape index (κ1) is 15.5. The van der Waals surface area contributed by atoms with Crippen molar-refractivity contribution in [1.29, 1.82) is 0 Å². The van der Waals surface area contributed by atoms with Crippen LogP contribution in [0, 0.1) is 0 Å². The van der Waals surface area contributed by atoms with Crippen molar-refractivity contribution in [1.82, 2.24) is 15.4 Å². The number of hydrazine groups is 1. The summed E-state index contributed by atoms with van der Waals surface area (Å²) in [7, 11) is 0. The van der Waals surface area contributed by atoms with E-state index in [9.17, 15) is 4.79 Å². The van der Waals surface area contributed by atoms with Gasteiger partial charge in [0, 0.05) is 0 Å². The van der Waals surface area contributed by atoms with Crippen LogP contribution >= 0.6 is 0 Å². The maximum absolute atomic E-state index is 12.0. The number of rotatable bonds is 3. The molecule has 0 saturated heterocycles. The molecule has 3 aromatic rings. The number of aromatic nitrogens is 2. The average Bonchev–Trinajstić information content (AvgIpc) is 3.12. The van der Waals surface area contributed by atoms with Gasteiger partial charge in [0.2, 0.25) is 0 Å². The zero-order valence-electron chi connectivity index (χ0n) is 12.5. The average molecular weight is 426 g/mol. The Morgan fingerprint density at radius 3 is 2.77 bits per heavy atom. The molecule has 0 unspecified atom stereocenters. The number of hydrogen-bond donors (Lipinski definition) is 2. The number of fused-ring (bicyclic) bond motifs is 1. The van der Waals surface area contributed by atoms with Crippen LogP contribution in [0.1, 0.15) is 34.4 Å². The molecule has 2 N–H and O–H groups in total. The van der Waals surface area contributed by atoms with Crippen molar-refractivity contribution in [2.75, 3.05) is 5.43 Å². The molecule has 5 nitrogen and oxygen atoms in total. The Labute approximate surface area is 140 Å². The Hall–Kier alpha value is -1.39. The van der Waals surface area contributed by atoms with Gasteiger partial charge in [-0.15, -0.1) is 0 Å². The molecule has 0 bridgehead atoms. The quantitative estimate of drug-likeness (QED) is 0.495. The van der Waals surface area contributed by atoms with E-state index in [1.807, 2.05) is 17.1 Å². The molecule has 0 spiro atoms. The fraction of sp³-hybridized carbons (Fsp3) is 0.267. The summed E-state index contributed by atoms with van der Waals surface area (Å²) in [5, 5.41) is 0. The first-order valence-corrected chi connectivity index (χ1v) is 10.4. The Bertz CT molecular complexity index is 803. The van der Waals surface area contributed by atoms with E-state index in [2.05, 4.69) is 47.7 Å². The molecule has 114 valence electrons. The van der Waals surface area contributed by atoms with Crippen molar-refractivity contribution < 1.29 is 4.79 Å². The third-order valence-electron chi connectivity index (χ3n) is 3.09. The van der Waals surface area contributed by atoms with E-state index in [-0.39, 0.29) is 40.3 Å². The molecule has 0 aliphatic heterocycles. The first-order valence-electron chi connectivity index (χ1n) is 6.80. The van der Waals surface area contributed by atoms with Gasteiger partial charge in [0.15, 0.2) is 0 Å². The van der Waals surface area contributed by atoms with Gasteiger partial charge in [-0.3, -0.25) is 0 Å². The van der Waals surface area contributed by atoms with Gasteiger partial charge in [0.1, 0.15) is 0 Å². The molecule has 3 aromatic heterocycles. The molecule has 22 heavy (non-hydrogen) atoms. The molecule has 0 aromatic carbocycles. The molecule has 0 fully saturated rings. The van der Waals surface area contributed by atoms with Gasteiger partial charge in [-0.1, -0.05) is 0 Å². The molecule has 0 aliphatic carbocycles. The van der Waals surface area contributed by atoms with Gasteiger partial charge in [0.05, 0.1) is 0 Å². The summed E-state index contributed by atoms with van der Waals surface area (Å²) in [6, 6.07) is 5.92. The van der Waals surface area contributed by atoms with Crippen LogP contribution in [0.5, 0.6) is 0 Å². The molecule has 0 atom stereocenters. The van der Waals surface area contributed by atoms with Crippen LogP contribution in [-0.4, -0.2) is 44.9 Å². The first-order chi connectivity index (χ1) is 10.4. The minimum atomic E-state index is -0.0909. The van der Waals surface area contributed by atoms with Crippen molar-refractivity contribution >= 4 is 50.5 Å². The Morgan fingerprint density at radius 1 is 1.27 bits per heavy atom. The van der Waals surface area contributed by atoms with Crippen LogP contribution < -0.4 is 10.9 Å². The number of carbonyl (C=O) groups is 1. The van der Waals surface area contributed by atoms with Gasteiger partial charge in [-0.25, -0.2) is 0 Å². The van der Waals surface area contributed by atoms with Crippen LogP contribution in [0.2, 0.25) is 0 Å². The van der Waals surface area contributed by atoms with Crippen LogP contribution in [0.15, 0.2) is 29.5 Å². The zero-order valence-corrected chi connectivity index (χ0v) is 15.9. The Balaban J connectivity index is 1.85. The van der Waals surface area contributed by atoms with Crippen molar-refractivity contribution in [3.8, 4) is 0 Å². The second kappa shape index (κ2) is 6.01. The van der Waals surface area contributed by atoms with Crippen LogP contribution in [0.25, 0.3) is 9.78 Å². The number of carbonyl (C=O) groups excluding carboxylic acids is 1. The number of amides is 1. The third-order valence-corrected chi connectivity index (χ3v) is 8.18. The number of nitrogens with zero attached hydrogens (tertiary/aromatic N) is 2. The Kier molecular flexibility index (Phi) is 4.24. The predicted molar refractivity (Wildman–Crippen MR) is 89.6 cm³/mol. The molecule has 3 rings (SSSR count).